The van der Waals surface area contributed by atoms with Crippen molar-refractivity contribution in [3.63, 3.8) is 0 Å². The first-order valence-corrected chi connectivity index (χ1v) is 7.51. The van der Waals surface area contributed by atoms with Gasteiger partial charge in [-0.15, -0.1) is 0 Å². The van der Waals surface area contributed by atoms with Gasteiger partial charge in [0.25, 0.3) is 0 Å². The average molecular weight is 282 g/mol. The summed E-state index contributed by atoms with van der Waals surface area (Å²) in [7, 11) is 2.13. The lowest BCUT2D eigenvalue weighted by molar-refractivity contribution is 0.675. The lowest BCUT2D eigenvalue weighted by Gasteiger charge is -2.31. The van der Waals surface area contributed by atoms with Crippen LogP contribution in [0.2, 0.25) is 0 Å². The number of rotatable bonds is 4. The number of benzene rings is 2. The molecule has 21 heavy (non-hydrogen) atoms. The van der Waals surface area contributed by atoms with Crippen LogP contribution in [0.15, 0.2) is 36.4 Å². The Morgan fingerprint density at radius 3 is 2.19 bits per heavy atom. The molecule has 2 rings (SSSR count). The van der Waals surface area contributed by atoms with Crippen LogP contribution in [-0.4, -0.2) is 13.6 Å². The Hall–Kier alpha value is -1.80. The highest BCUT2D eigenvalue weighted by molar-refractivity contribution is 5.53. The average Bonchev–Trinajstić information content (AvgIpc) is 2.43. The number of anilines is 1. The Bertz CT molecular complexity index is 611. The van der Waals surface area contributed by atoms with E-state index >= 15 is 0 Å². The van der Waals surface area contributed by atoms with Gasteiger partial charge >= 0.3 is 0 Å². The van der Waals surface area contributed by atoms with Crippen LogP contribution in [0.5, 0.6) is 0 Å². The Kier molecular flexibility index (Phi) is 4.69. The zero-order valence-electron chi connectivity index (χ0n) is 13.8. The summed E-state index contributed by atoms with van der Waals surface area (Å²) in [5, 5.41) is 0. The lowest BCUT2D eigenvalue weighted by atomic mass is 9.96. The molecule has 0 heterocycles. The van der Waals surface area contributed by atoms with E-state index in [1.54, 1.807) is 0 Å². The molecule has 0 aliphatic heterocycles. The molecule has 2 aromatic carbocycles. The molecular weight excluding hydrogens is 256 g/mol. The quantitative estimate of drug-likeness (QED) is 0.916. The minimum atomic E-state index is 0.200. The minimum Gasteiger partial charge on any atom is -0.366 e. The molecule has 0 spiro atoms. The highest BCUT2D eigenvalue weighted by Gasteiger charge is 2.18. The monoisotopic (exact) mass is 282 g/mol. The third-order valence-corrected chi connectivity index (χ3v) is 4.31. The Morgan fingerprint density at radius 2 is 1.62 bits per heavy atom. The first kappa shape index (κ1) is 15.6. The second-order valence-electron chi connectivity index (χ2n) is 6.00. The third kappa shape index (κ3) is 3.27. The standard InChI is InChI=1S/C19H26N2/c1-13-9-14(2)11-17(10-13)21(5)19(12-20)18-8-6-7-15(3)16(18)4/h6-11,19H,12,20H2,1-5H3. The van der Waals surface area contributed by atoms with E-state index in [2.05, 4.69) is 76.0 Å². The van der Waals surface area contributed by atoms with E-state index in [4.69, 9.17) is 5.73 Å². The van der Waals surface area contributed by atoms with Crippen LogP contribution in [0.25, 0.3) is 0 Å². The van der Waals surface area contributed by atoms with Gasteiger partial charge in [0.05, 0.1) is 6.04 Å². The zero-order chi connectivity index (χ0) is 15.6. The van der Waals surface area contributed by atoms with Crippen molar-refractivity contribution < 1.29 is 0 Å². The van der Waals surface area contributed by atoms with Gasteiger partial charge in [0.15, 0.2) is 0 Å². The van der Waals surface area contributed by atoms with Gasteiger partial charge in [-0.25, -0.2) is 0 Å². The number of nitrogens with two attached hydrogens (primary N) is 1. The van der Waals surface area contributed by atoms with Crippen molar-refractivity contribution in [2.24, 2.45) is 5.73 Å². The Labute approximate surface area is 128 Å². The molecule has 0 saturated carbocycles. The predicted octanol–water partition coefficient (Wildman–Crippen LogP) is 4.06. The smallest absolute Gasteiger partial charge is 0.0664 e. The molecule has 0 aliphatic carbocycles. The highest BCUT2D eigenvalue weighted by atomic mass is 15.1. The van der Waals surface area contributed by atoms with Gasteiger partial charge in [-0.3, -0.25) is 0 Å². The third-order valence-electron chi connectivity index (χ3n) is 4.31. The number of hydrogen-bond donors (Lipinski definition) is 1. The molecule has 2 nitrogen and oxygen atoms in total. The molecule has 0 amide bonds. The number of hydrogen-bond acceptors (Lipinski definition) is 2. The van der Waals surface area contributed by atoms with E-state index in [1.165, 1.54) is 33.5 Å². The van der Waals surface area contributed by atoms with E-state index in [0.29, 0.717) is 6.54 Å². The van der Waals surface area contributed by atoms with Crippen molar-refractivity contribution in [2.45, 2.75) is 33.7 Å². The van der Waals surface area contributed by atoms with Crippen molar-refractivity contribution in [1.29, 1.82) is 0 Å². The molecule has 2 heteroatoms. The van der Waals surface area contributed by atoms with Gasteiger partial charge in [0.1, 0.15) is 0 Å². The fourth-order valence-electron chi connectivity index (χ4n) is 2.96. The summed E-state index contributed by atoms with van der Waals surface area (Å²) < 4.78 is 0. The second-order valence-corrected chi connectivity index (χ2v) is 6.00. The predicted molar refractivity (Wildman–Crippen MR) is 92.0 cm³/mol. The summed E-state index contributed by atoms with van der Waals surface area (Å²) in [4.78, 5) is 2.29. The molecule has 1 unspecified atom stereocenters. The van der Waals surface area contributed by atoms with Crippen LogP contribution in [0.1, 0.15) is 33.9 Å². The van der Waals surface area contributed by atoms with Gasteiger partial charge < -0.3 is 10.6 Å². The molecule has 0 fully saturated rings. The summed E-state index contributed by atoms with van der Waals surface area (Å²) in [5.41, 5.74) is 13.9. The van der Waals surface area contributed by atoms with Gasteiger partial charge in [0.2, 0.25) is 0 Å². The van der Waals surface area contributed by atoms with Crippen LogP contribution in [0.3, 0.4) is 0 Å². The van der Waals surface area contributed by atoms with Crippen LogP contribution in [0.4, 0.5) is 5.69 Å². The van der Waals surface area contributed by atoms with Crippen LogP contribution >= 0.6 is 0 Å². The maximum atomic E-state index is 6.10. The van der Waals surface area contributed by atoms with Crippen molar-refractivity contribution >= 4 is 5.69 Å². The zero-order valence-corrected chi connectivity index (χ0v) is 13.8. The largest absolute Gasteiger partial charge is 0.366 e. The Balaban J connectivity index is 2.43. The number of aryl methyl sites for hydroxylation is 3. The molecule has 1 atom stereocenters. The van der Waals surface area contributed by atoms with E-state index in [0.717, 1.165) is 0 Å². The number of likely N-dealkylation sites (N-methyl/N-ethyl adjacent to an activating group) is 1. The molecule has 112 valence electrons. The molecule has 2 aromatic rings. The summed E-state index contributed by atoms with van der Waals surface area (Å²) in [6, 6.07) is 13.3. The molecular formula is C19H26N2. The van der Waals surface area contributed by atoms with Gasteiger partial charge in [0, 0.05) is 19.3 Å². The van der Waals surface area contributed by atoms with E-state index < -0.39 is 0 Å². The summed E-state index contributed by atoms with van der Waals surface area (Å²) in [6.45, 7) is 9.22. The highest BCUT2D eigenvalue weighted by Crippen LogP contribution is 2.29. The fraction of sp³-hybridized carbons (Fsp3) is 0.368. The van der Waals surface area contributed by atoms with Crippen molar-refractivity contribution in [1.82, 2.24) is 0 Å². The van der Waals surface area contributed by atoms with Crippen molar-refractivity contribution in [2.75, 3.05) is 18.5 Å². The normalized spacial score (nSPS) is 12.3. The molecule has 0 saturated heterocycles. The van der Waals surface area contributed by atoms with Crippen molar-refractivity contribution in [3.8, 4) is 0 Å². The van der Waals surface area contributed by atoms with Crippen molar-refractivity contribution in [3.05, 3.63) is 64.2 Å². The molecule has 0 radical (unpaired) electrons. The maximum absolute atomic E-state index is 6.10. The van der Waals surface area contributed by atoms with Crippen LogP contribution in [0, 0.1) is 27.7 Å². The second kappa shape index (κ2) is 6.31. The fourth-order valence-corrected chi connectivity index (χ4v) is 2.96. The van der Waals surface area contributed by atoms with Crippen LogP contribution in [-0.2, 0) is 0 Å². The maximum Gasteiger partial charge on any atom is 0.0664 e. The van der Waals surface area contributed by atoms with E-state index in [1.807, 2.05) is 0 Å². The molecule has 0 aliphatic rings. The first-order valence-electron chi connectivity index (χ1n) is 7.51. The van der Waals surface area contributed by atoms with Gasteiger partial charge in [-0.1, -0.05) is 24.3 Å². The summed E-state index contributed by atoms with van der Waals surface area (Å²) in [6.07, 6.45) is 0. The lowest BCUT2D eigenvalue weighted by Crippen LogP contribution is -2.31. The van der Waals surface area contributed by atoms with Crippen LogP contribution < -0.4 is 10.6 Å². The topological polar surface area (TPSA) is 29.3 Å². The minimum absolute atomic E-state index is 0.200. The molecule has 0 aromatic heterocycles. The summed E-state index contributed by atoms with van der Waals surface area (Å²) in [5.74, 6) is 0. The number of nitrogens with zero attached hydrogens (tertiary/aromatic N) is 1. The van der Waals surface area contributed by atoms with Gasteiger partial charge in [-0.05, 0) is 67.6 Å². The molecule has 0 bridgehead atoms. The summed E-state index contributed by atoms with van der Waals surface area (Å²) >= 11 is 0. The van der Waals surface area contributed by atoms with E-state index in [9.17, 15) is 0 Å². The molecule has 2 N–H and O–H groups in total. The van der Waals surface area contributed by atoms with E-state index in [-0.39, 0.29) is 6.04 Å². The Morgan fingerprint density at radius 1 is 1.00 bits per heavy atom. The van der Waals surface area contributed by atoms with Gasteiger partial charge in [-0.2, -0.15) is 0 Å². The SMILES string of the molecule is Cc1cc(C)cc(N(C)C(CN)c2cccc(C)c2C)c1. The first-order chi connectivity index (χ1) is 9.93.